The van der Waals surface area contributed by atoms with Gasteiger partial charge in [0.1, 0.15) is 18.0 Å². The van der Waals surface area contributed by atoms with E-state index in [1.165, 1.54) is 17.0 Å². The second kappa shape index (κ2) is 15.6. The second-order valence-electron chi connectivity index (χ2n) is 12.8. The largest absolute Gasteiger partial charge is 0.458 e. The topological polar surface area (TPSA) is 218 Å². The average molecular weight is 767 g/mol. The van der Waals surface area contributed by atoms with Crippen molar-refractivity contribution in [2.75, 3.05) is 19.6 Å². The van der Waals surface area contributed by atoms with E-state index in [4.69, 9.17) is 14.2 Å². The van der Waals surface area contributed by atoms with Gasteiger partial charge >= 0.3 is 29.7 Å². The van der Waals surface area contributed by atoms with Crippen LogP contribution in [-0.4, -0.2) is 116 Å². The van der Waals surface area contributed by atoms with Crippen LogP contribution in [0.1, 0.15) is 51.8 Å². The second-order valence-corrected chi connectivity index (χ2v) is 14.6. The molecule has 54 heavy (non-hydrogen) atoms. The predicted molar refractivity (Wildman–Crippen MR) is 186 cm³/mol. The molecule has 286 valence electrons. The highest BCUT2D eigenvalue weighted by Crippen LogP contribution is 2.56. The first-order valence-corrected chi connectivity index (χ1v) is 17.6. The van der Waals surface area contributed by atoms with Gasteiger partial charge in [-0.2, -0.15) is 0 Å². The van der Waals surface area contributed by atoms with Crippen molar-refractivity contribution in [3.63, 3.8) is 0 Å². The van der Waals surface area contributed by atoms with Crippen LogP contribution in [0.3, 0.4) is 0 Å². The molecule has 18 nitrogen and oxygen atoms in total. The van der Waals surface area contributed by atoms with Crippen molar-refractivity contribution in [2.45, 2.75) is 69.1 Å². The molecular weight excluding hydrogens is 728 g/mol. The molecule has 3 fully saturated rings. The number of nitrogens with one attached hydrogen (secondary N) is 2. The smallest absolute Gasteiger partial charge is 0.355 e. The predicted octanol–water partition coefficient (Wildman–Crippen LogP) is 0.00660. The van der Waals surface area contributed by atoms with Crippen LogP contribution >= 0.6 is 11.8 Å². The maximum absolute atomic E-state index is 14.9. The van der Waals surface area contributed by atoms with Crippen LogP contribution in [0.5, 0.6) is 11.5 Å². The molecule has 0 spiro atoms. The van der Waals surface area contributed by atoms with Gasteiger partial charge < -0.3 is 29.7 Å². The third-order valence-corrected chi connectivity index (χ3v) is 10.7. The Bertz CT molecular complexity index is 1890. The van der Waals surface area contributed by atoms with E-state index in [9.17, 15) is 43.2 Å². The maximum Gasteiger partial charge on any atom is 0.355 e. The summed E-state index contributed by atoms with van der Waals surface area (Å²) in [6.07, 6.45) is 0.480. The maximum atomic E-state index is 14.9. The van der Waals surface area contributed by atoms with Gasteiger partial charge in [-0.1, -0.05) is 36.4 Å². The van der Waals surface area contributed by atoms with E-state index in [0.717, 1.165) is 41.6 Å². The Labute approximate surface area is 313 Å². The fraction of sp³-hybridized carbons (Fsp3) is 0.400. The van der Waals surface area contributed by atoms with Crippen molar-refractivity contribution in [2.24, 2.45) is 0 Å². The summed E-state index contributed by atoms with van der Waals surface area (Å²) in [7, 11) is 0. The number of amides is 6. The van der Waals surface area contributed by atoms with Gasteiger partial charge in [0.05, 0.1) is 11.3 Å². The number of nitrogens with zero attached hydrogens (tertiary/aromatic N) is 4. The third kappa shape index (κ3) is 7.05. The van der Waals surface area contributed by atoms with Crippen LogP contribution in [0.25, 0.3) is 0 Å². The van der Waals surface area contributed by atoms with Gasteiger partial charge in [0.15, 0.2) is 17.5 Å². The van der Waals surface area contributed by atoms with Gasteiger partial charge in [0, 0.05) is 26.9 Å². The van der Waals surface area contributed by atoms with Crippen LogP contribution in [0.15, 0.2) is 48.5 Å². The van der Waals surface area contributed by atoms with Crippen LogP contribution in [0.2, 0.25) is 0 Å². The molecule has 2 aromatic rings. The fourth-order valence-corrected chi connectivity index (χ4v) is 8.27. The number of benzene rings is 2. The number of hydrogen-bond donors (Lipinski definition) is 2. The highest BCUT2D eigenvalue weighted by atomic mass is 32.2. The first kappa shape index (κ1) is 39.2. The Morgan fingerprint density at radius 2 is 1.63 bits per heavy atom. The van der Waals surface area contributed by atoms with Gasteiger partial charge in [0.25, 0.3) is 11.8 Å². The summed E-state index contributed by atoms with van der Waals surface area (Å²) < 4.78 is 14.8. The monoisotopic (exact) mass is 766 g/mol. The molecule has 19 heteroatoms. The standard InChI is InChI=1S/C35H38N6O12S/c1-6-38-14-15-39(31(49)30(38)48)40(19-43)27(23-12-13-24(52-20(2)44)25(16-23)53-21(3)45)28(46)37-35(33(50)51-17-22-10-8-7-9-11-22)34(4,5)54-32-26(36-18-42)29(47)41(32)35/h7-13,16,18-19,26-27,32H,6,14-15,17H2,1-5H3,(H,36,42)(H,37,46)/t26-,27?,32-,35+/m1/s1. The van der Waals surface area contributed by atoms with Crippen molar-refractivity contribution in [1.82, 2.24) is 30.5 Å². The van der Waals surface area contributed by atoms with Gasteiger partial charge in [-0.3, -0.25) is 43.3 Å². The Hall–Kier alpha value is -5.98. The van der Waals surface area contributed by atoms with Crippen LogP contribution in [0, 0.1) is 0 Å². The van der Waals surface area contributed by atoms with E-state index in [0.29, 0.717) is 17.0 Å². The lowest BCUT2D eigenvalue weighted by Gasteiger charge is -2.50. The Morgan fingerprint density at radius 3 is 2.24 bits per heavy atom. The molecule has 0 aliphatic carbocycles. The zero-order chi connectivity index (χ0) is 39.5. The Kier molecular flexibility index (Phi) is 11.3. The lowest BCUT2D eigenvalue weighted by Crippen LogP contribution is -2.80. The molecule has 0 radical (unpaired) electrons. The van der Waals surface area contributed by atoms with Crippen molar-refractivity contribution in [3.05, 3.63) is 59.7 Å². The van der Waals surface area contributed by atoms with E-state index < -0.39 is 69.4 Å². The summed E-state index contributed by atoms with van der Waals surface area (Å²) >= 11 is 1.10. The van der Waals surface area contributed by atoms with Crippen molar-refractivity contribution >= 4 is 66.1 Å². The van der Waals surface area contributed by atoms with Crippen molar-refractivity contribution < 1.29 is 57.4 Å². The number of carbonyl (C=O) groups excluding carboxylic acids is 9. The summed E-state index contributed by atoms with van der Waals surface area (Å²) in [5.74, 6) is -7.17. The quantitative estimate of drug-likeness (QED) is 0.0853. The Morgan fingerprint density at radius 1 is 0.963 bits per heavy atom. The minimum absolute atomic E-state index is 0.00165. The minimum atomic E-state index is -2.28. The lowest BCUT2D eigenvalue weighted by molar-refractivity contribution is -0.184. The van der Waals surface area contributed by atoms with Gasteiger partial charge in [-0.15, -0.1) is 11.8 Å². The van der Waals surface area contributed by atoms with Crippen LogP contribution in [-0.2, 0) is 54.5 Å². The van der Waals surface area contributed by atoms with Gasteiger partial charge in [0.2, 0.25) is 18.5 Å². The van der Waals surface area contributed by atoms with E-state index >= 15 is 0 Å². The highest BCUT2D eigenvalue weighted by molar-refractivity contribution is 8.01. The highest BCUT2D eigenvalue weighted by Gasteiger charge is 2.74. The molecule has 0 bridgehead atoms. The number of hydrazine groups is 1. The molecule has 3 aliphatic heterocycles. The lowest BCUT2D eigenvalue weighted by atomic mass is 9.87. The van der Waals surface area contributed by atoms with Crippen molar-refractivity contribution in [1.29, 1.82) is 0 Å². The molecule has 6 amide bonds. The number of rotatable bonds is 14. The van der Waals surface area contributed by atoms with Gasteiger partial charge in [-0.25, -0.2) is 14.8 Å². The summed E-state index contributed by atoms with van der Waals surface area (Å²) in [6.45, 7) is 6.71. The summed E-state index contributed by atoms with van der Waals surface area (Å²) in [4.78, 5) is 120. The molecular formula is C35H38N6O12S. The number of fused-ring (bicyclic) bond motifs is 1. The number of likely N-dealkylation sites (N-methyl/N-ethyl adjacent to an activating group) is 1. The average Bonchev–Trinajstić information content (AvgIpc) is 3.34. The first-order chi connectivity index (χ1) is 25.6. The fourth-order valence-electron chi connectivity index (χ4n) is 6.56. The molecule has 3 heterocycles. The number of β-lactam (4-membered cyclic amide) rings is 1. The zero-order valence-electron chi connectivity index (χ0n) is 29.9. The SMILES string of the molecule is CCN1CCN(N(C=O)C(C(=O)N[C@@]2(C(=O)OCc3ccccc3)N3C(=O)[C@@H](NC=O)[C@H]3SC2(C)C)c2ccc(OC(C)=O)c(OC(C)=O)c2)C(=O)C1=O. The molecule has 0 saturated carbocycles. The number of carbonyl (C=O) groups is 9. The normalized spacial score (nSPS) is 21.9. The molecule has 2 aromatic carbocycles. The summed E-state index contributed by atoms with van der Waals surface area (Å²) in [5.41, 5.74) is -1.82. The van der Waals surface area contributed by atoms with Crippen LogP contribution in [0.4, 0.5) is 0 Å². The number of ether oxygens (including phenoxy) is 3. The zero-order valence-corrected chi connectivity index (χ0v) is 30.7. The molecule has 1 unspecified atom stereocenters. The number of piperazine rings is 1. The molecule has 3 aliphatic rings. The molecule has 2 N–H and O–H groups in total. The van der Waals surface area contributed by atoms with Gasteiger partial charge in [-0.05, 0) is 44.0 Å². The number of thioether (sulfide) groups is 1. The molecule has 0 aromatic heterocycles. The molecule has 5 rings (SSSR count). The summed E-state index contributed by atoms with van der Waals surface area (Å²) in [5, 5.41) is 5.70. The first-order valence-electron chi connectivity index (χ1n) is 16.7. The third-order valence-electron chi connectivity index (χ3n) is 9.11. The van der Waals surface area contributed by atoms with Crippen molar-refractivity contribution in [3.8, 4) is 11.5 Å². The van der Waals surface area contributed by atoms with E-state index in [1.54, 1.807) is 51.1 Å². The van der Waals surface area contributed by atoms with E-state index in [2.05, 4.69) is 10.6 Å². The summed E-state index contributed by atoms with van der Waals surface area (Å²) in [6, 6.07) is 9.21. The van der Waals surface area contributed by atoms with Crippen LogP contribution < -0.4 is 20.1 Å². The molecule has 3 saturated heterocycles. The molecule has 4 atom stereocenters. The Balaban J connectivity index is 1.64. The number of esters is 3. The van der Waals surface area contributed by atoms with E-state index in [1.807, 2.05) is 0 Å². The number of hydrogen-bond acceptors (Lipinski definition) is 13. The minimum Gasteiger partial charge on any atom is -0.458 e. The van der Waals surface area contributed by atoms with E-state index in [-0.39, 0.29) is 49.7 Å².